The molecule has 0 aliphatic carbocycles. The van der Waals surface area contributed by atoms with Crippen LogP contribution in [0.1, 0.15) is 20.7 Å². The topological polar surface area (TPSA) is 72.9 Å². The van der Waals surface area contributed by atoms with E-state index >= 15 is 0 Å². The molecule has 0 saturated carbocycles. The number of benzene rings is 2. The van der Waals surface area contributed by atoms with Crippen LogP contribution in [0.5, 0.6) is 0 Å². The molecule has 0 aromatic heterocycles. The zero-order chi connectivity index (χ0) is 18.7. The Morgan fingerprint density at radius 2 is 1.38 bits per heavy atom. The third-order valence-electron chi connectivity index (χ3n) is 4.46. The quantitative estimate of drug-likeness (QED) is 0.606. The van der Waals surface area contributed by atoms with Crippen molar-refractivity contribution in [2.24, 2.45) is 5.92 Å². The van der Waals surface area contributed by atoms with Crippen molar-refractivity contribution in [3.8, 4) is 0 Å². The molecule has 1 aliphatic rings. The van der Waals surface area contributed by atoms with E-state index in [2.05, 4.69) is 0 Å². The van der Waals surface area contributed by atoms with Gasteiger partial charge in [-0.05, 0) is 0 Å². The highest BCUT2D eigenvalue weighted by molar-refractivity contribution is 6.08. The van der Waals surface area contributed by atoms with Gasteiger partial charge in [0, 0.05) is 18.2 Å². The van der Waals surface area contributed by atoms with Gasteiger partial charge in [-0.3, -0.25) is 19.2 Å². The van der Waals surface area contributed by atoms with Crippen molar-refractivity contribution in [1.29, 1.82) is 0 Å². The maximum Gasteiger partial charge on any atom is 0.326 e. The molecule has 1 heterocycles. The smallest absolute Gasteiger partial charge is 0.326 e. The summed E-state index contributed by atoms with van der Waals surface area (Å²) in [5, 5.41) is 1.24. The zero-order valence-corrected chi connectivity index (χ0v) is 14.5. The molecular formula is C20H19NO5. The number of carbonyl (C=O) groups excluding carboxylic acids is 3. The Morgan fingerprint density at radius 1 is 0.885 bits per heavy atom. The normalized spacial score (nSPS) is 22.8. The molecule has 1 fully saturated rings. The van der Waals surface area contributed by atoms with Crippen LogP contribution in [0.15, 0.2) is 60.7 Å². The number of ether oxygens (including phenoxy) is 1. The Morgan fingerprint density at radius 3 is 1.88 bits per heavy atom. The van der Waals surface area contributed by atoms with Gasteiger partial charge in [0.1, 0.15) is 6.04 Å². The molecule has 0 radical (unpaired) electrons. The molecule has 26 heavy (non-hydrogen) atoms. The fourth-order valence-electron chi connectivity index (χ4n) is 3.17. The fourth-order valence-corrected chi connectivity index (χ4v) is 3.17. The minimum atomic E-state index is -1.10. The molecule has 2 aromatic rings. The summed E-state index contributed by atoms with van der Waals surface area (Å²) in [6.45, 7) is 0. The summed E-state index contributed by atoms with van der Waals surface area (Å²) in [5.41, 5.74) is 0.832. The summed E-state index contributed by atoms with van der Waals surface area (Å²) in [5.74, 6) is -2.30. The molecule has 134 valence electrons. The van der Waals surface area contributed by atoms with E-state index in [1.54, 1.807) is 60.7 Å². The van der Waals surface area contributed by atoms with Crippen molar-refractivity contribution >= 4 is 17.5 Å². The van der Waals surface area contributed by atoms with Crippen LogP contribution >= 0.6 is 0 Å². The molecule has 1 aliphatic heterocycles. The molecule has 0 unspecified atom stereocenters. The number of ketones is 2. The molecule has 0 N–H and O–H groups in total. The predicted octanol–water partition coefficient (Wildman–Crippen LogP) is 2.16. The van der Waals surface area contributed by atoms with Crippen LogP contribution in [-0.4, -0.2) is 48.9 Å². The minimum absolute atomic E-state index is 0.334. The van der Waals surface area contributed by atoms with Crippen LogP contribution in [-0.2, 0) is 14.4 Å². The highest BCUT2D eigenvalue weighted by atomic mass is 16.7. The summed E-state index contributed by atoms with van der Waals surface area (Å²) < 4.78 is 4.83. The van der Waals surface area contributed by atoms with E-state index in [1.165, 1.54) is 19.2 Å². The third-order valence-corrected chi connectivity index (χ3v) is 4.46. The Hall–Kier alpha value is -2.83. The van der Waals surface area contributed by atoms with Gasteiger partial charge in [-0.1, -0.05) is 60.7 Å². The third kappa shape index (κ3) is 3.29. The van der Waals surface area contributed by atoms with E-state index in [4.69, 9.17) is 9.57 Å². The van der Waals surface area contributed by atoms with Crippen molar-refractivity contribution in [2.45, 2.75) is 12.1 Å². The Bertz CT molecular complexity index is 805. The van der Waals surface area contributed by atoms with Crippen LogP contribution in [0.2, 0.25) is 0 Å². The Kier molecular flexibility index (Phi) is 5.25. The summed E-state index contributed by atoms with van der Waals surface area (Å²) in [6.07, 6.45) is -1.10. The molecule has 3 rings (SSSR count). The SMILES string of the molecule is COC(=O)[C@H]1[C@@H](C(=O)c2ccccc2)[C@@H](C(=O)c2ccccc2)ON1C. The largest absolute Gasteiger partial charge is 0.468 e. The number of nitrogens with zero attached hydrogens (tertiary/aromatic N) is 1. The number of esters is 1. The first-order valence-electron chi connectivity index (χ1n) is 8.20. The first-order chi connectivity index (χ1) is 12.5. The number of carbonyl (C=O) groups is 3. The second-order valence-corrected chi connectivity index (χ2v) is 6.03. The molecule has 3 atom stereocenters. The number of hydrogen-bond acceptors (Lipinski definition) is 6. The molecule has 6 heteroatoms. The second kappa shape index (κ2) is 7.59. The van der Waals surface area contributed by atoms with Crippen LogP contribution in [0, 0.1) is 5.92 Å². The maximum atomic E-state index is 13.1. The Balaban J connectivity index is 2.01. The van der Waals surface area contributed by atoms with Crippen molar-refractivity contribution in [3.63, 3.8) is 0 Å². The lowest BCUT2D eigenvalue weighted by Crippen LogP contribution is -2.43. The second-order valence-electron chi connectivity index (χ2n) is 6.03. The van der Waals surface area contributed by atoms with E-state index < -0.39 is 24.0 Å². The first kappa shape index (κ1) is 18.0. The summed E-state index contributed by atoms with van der Waals surface area (Å²) in [7, 11) is 2.76. The van der Waals surface area contributed by atoms with E-state index in [-0.39, 0.29) is 11.6 Å². The van der Waals surface area contributed by atoms with Crippen molar-refractivity contribution in [2.75, 3.05) is 14.2 Å². The molecule has 6 nitrogen and oxygen atoms in total. The molecular weight excluding hydrogens is 334 g/mol. The molecule has 0 spiro atoms. The van der Waals surface area contributed by atoms with Crippen molar-refractivity contribution < 1.29 is 24.0 Å². The molecule has 1 saturated heterocycles. The maximum absolute atomic E-state index is 13.1. The monoisotopic (exact) mass is 353 g/mol. The van der Waals surface area contributed by atoms with Crippen LogP contribution in [0.25, 0.3) is 0 Å². The van der Waals surface area contributed by atoms with Gasteiger partial charge in [-0.15, -0.1) is 0 Å². The average Bonchev–Trinajstić information content (AvgIpc) is 3.04. The summed E-state index contributed by atoms with van der Waals surface area (Å²) >= 11 is 0. The van der Waals surface area contributed by atoms with Crippen LogP contribution < -0.4 is 0 Å². The lowest BCUT2D eigenvalue weighted by atomic mass is 9.84. The lowest BCUT2D eigenvalue weighted by molar-refractivity contribution is -0.166. The standard InChI is InChI=1S/C20H19NO5/c1-21-16(20(24)25-2)15(17(22)13-9-5-3-6-10-13)19(26-21)18(23)14-11-7-4-8-12-14/h3-12,15-16,19H,1-2H3/t15-,16+,19-/m0/s1. The number of hydrogen-bond donors (Lipinski definition) is 0. The fraction of sp³-hybridized carbons (Fsp3) is 0.250. The van der Waals surface area contributed by atoms with Gasteiger partial charge in [0.15, 0.2) is 17.7 Å². The number of likely N-dealkylation sites (N-methyl/N-ethyl adjacent to an activating group) is 1. The highest BCUT2D eigenvalue weighted by Gasteiger charge is 2.53. The van der Waals surface area contributed by atoms with Crippen molar-refractivity contribution in [1.82, 2.24) is 5.06 Å². The summed E-state index contributed by atoms with van der Waals surface area (Å²) in [4.78, 5) is 43.9. The number of Topliss-reactive ketones (excluding diaryl/α,β-unsaturated/α-hetero) is 2. The Labute approximate surface area is 151 Å². The van der Waals surface area contributed by atoms with Gasteiger partial charge in [-0.25, -0.2) is 0 Å². The zero-order valence-electron chi connectivity index (χ0n) is 14.5. The van der Waals surface area contributed by atoms with E-state index in [1.807, 2.05) is 0 Å². The van der Waals surface area contributed by atoms with Crippen molar-refractivity contribution in [3.05, 3.63) is 71.8 Å². The van der Waals surface area contributed by atoms with Gasteiger partial charge in [0.2, 0.25) is 0 Å². The minimum Gasteiger partial charge on any atom is -0.468 e. The van der Waals surface area contributed by atoms with Gasteiger partial charge in [-0.2, -0.15) is 5.06 Å². The highest BCUT2D eigenvalue weighted by Crippen LogP contribution is 2.32. The number of methoxy groups -OCH3 is 1. The molecule has 0 amide bonds. The first-order valence-corrected chi connectivity index (χ1v) is 8.20. The molecule has 0 bridgehead atoms. The van der Waals surface area contributed by atoms with E-state index in [0.717, 1.165) is 0 Å². The van der Waals surface area contributed by atoms with Crippen LogP contribution in [0.3, 0.4) is 0 Å². The van der Waals surface area contributed by atoms with Gasteiger partial charge >= 0.3 is 5.97 Å². The predicted molar refractivity (Wildman–Crippen MR) is 93.5 cm³/mol. The lowest BCUT2D eigenvalue weighted by Gasteiger charge is -2.20. The number of rotatable bonds is 5. The van der Waals surface area contributed by atoms with Gasteiger partial charge in [0.05, 0.1) is 13.0 Å². The van der Waals surface area contributed by atoms with Crippen LogP contribution in [0.4, 0.5) is 0 Å². The van der Waals surface area contributed by atoms with E-state index in [9.17, 15) is 14.4 Å². The average molecular weight is 353 g/mol. The summed E-state index contributed by atoms with van der Waals surface area (Å²) in [6, 6.07) is 16.1. The number of hydroxylamine groups is 2. The van der Waals surface area contributed by atoms with E-state index in [0.29, 0.717) is 11.1 Å². The van der Waals surface area contributed by atoms with Gasteiger partial charge < -0.3 is 4.74 Å². The molecule has 2 aromatic carbocycles. The van der Waals surface area contributed by atoms with Gasteiger partial charge in [0.25, 0.3) is 0 Å².